The maximum atomic E-state index is 13.6. The summed E-state index contributed by atoms with van der Waals surface area (Å²) in [5.74, 6) is -0.134. The van der Waals surface area contributed by atoms with Gasteiger partial charge in [0.25, 0.3) is 0 Å². The average molecular weight is 321 g/mol. The highest BCUT2D eigenvalue weighted by Crippen LogP contribution is 2.41. The molecule has 0 atom stereocenters. The molecule has 0 heterocycles. The Labute approximate surface area is 141 Å². The summed E-state index contributed by atoms with van der Waals surface area (Å²) >= 11 is 0. The lowest BCUT2D eigenvalue weighted by Crippen LogP contribution is -2.51. The lowest BCUT2D eigenvalue weighted by Gasteiger charge is -2.43. The third-order valence-electron chi connectivity index (χ3n) is 5.36. The standard InChI is InChI=1S/C20H32FNO/c1-9-15(10-2)22(16-11-12-17(21)14(3)13-16)18(23)20(7,8)19(4,5)6/h11-13,15H,9-10H2,1-8H3. The molecule has 0 N–H and O–H groups in total. The van der Waals surface area contributed by atoms with E-state index in [4.69, 9.17) is 0 Å². The van der Waals surface area contributed by atoms with Gasteiger partial charge >= 0.3 is 0 Å². The van der Waals surface area contributed by atoms with Crippen molar-refractivity contribution < 1.29 is 9.18 Å². The van der Waals surface area contributed by atoms with Crippen molar-refractivity contribution in [1.29, 1.82) is 0 Å². The Morgan fingerprint density at radius 3 is 2.04 bits per heavy atom. The zero-order valence-electron chi connectivity index (χ0n) is 16.0. The van der Waals surface area contributed by atoms with E-state index in [1.165, 1.54) is 6.07 Å². The Hall–Kier alpha value is -1.38. The van der Waals surface area contributed by atoms with Crippen molar-refractivity contribution >= 4 is 11.6 Å². The number of nitrogens with zero attached hydrogens (tertiary/aromatic N) is 1. The molecule has 0 saturated heterocycles. The van der Waals surface area contributed by atoms with Gasteiger partial charge in [0, 0.05) is 17.1 Å². The predicted molar refractivity (Wildman–Crippen MR) is 96.2 cm³/mol. The number of aryl methyl sites for hydroxylation is 1. The van der Waals surface area contributed by atoms with E-state index >= 15 is 0 Å². The number of carbonyl (C=O) groups excluding carboxylic acids is 1. The Kier molecular flexibility index (Phi) is 6.00. The average Bonchev–Trinajstić information content (AvgIpc) is 2.45. The van der Waals surface area contributed by atoms with Crippen molar-refractivity contribution in [3.8, 4) is 0 Å². The second-order valence-corrected chi connectivity index (χ2v) is 7.95. The molecule has 1 amide bonds. The number of amides is 1. The van der Waals surface area contributed by atoms with E-state index in [0.717, 1.165) is 18.5 Å². The first-order valence-corrected chi connectivity index (χ1v) is 8.57. The minimum atomic E-state index is -0.516. The molecule has 0 fully saturated rings. The number of rotatable bonds is 5. The van der Waals surface area contributed by atoms with Crippen LogP contribution in [0.5, 0.6) is 0 Å². The first-order chi connectivity index (χ1) is 10.5. The smallest absolute Gasteiger partial charge is 0.233 e. The van der Waals surface area contributed by atoms with Gasteiger partial charge in [0.1, 0.15) is 5.82 Å². The Morgan fingerprint density at radius 2 is 1.65 bits per heavy atom. The van der Waals surface area contributed by atoms with E-state index in [-0.39, 0.29) is 23.2 Å². The summed E-state index contributed by atoms with van der Waals surface area (Å²) in [5, 5.41) is 0. The van der Waals surface area contributed by atoms with E-state index in [9.17, 15) is 9.18 Å². The molecular weight excluding hydrogens is 289 g/mol. The third-order valence-corrected chi connectivity index (χ3v) is 5.36. The molecule has 0 aromatic heterocycles. The van der Waals surface area contributed by atoms with Gasteiger partial charge in [0.2, 0.25) is 5.91 Å². The highest BCUT2D eigenvalue weighted by molar-refractivity contribution is 5.98. The highest BCUT2D eigenvalue weighted by atomic mass is 19.1. The minimum absolute atomic E-state index is 0.102. The van der Waals surface area contributed by atoms with E-state index in [1.807, 2.05) is 18.7 Å². The SMILES string of the molecule is CCC(CC)N(C(=O)C(C)(C)C(C)(C)C)c1ccc(F)c(C)c1. The normalized spacial score (nSPS) is 12.6. The van der Waals surface area contributed by atoms with Gasteiger partial charge < -0.3 is 4.90 Å². The molecule has 23 heavy (non-hydrogen) atoms. The summed E-state index contributed by atoms with van der Waals surface area (Å²) in [6.07, 6.45) is 1.75. The van der Waals surface area contributed by atoms with Gasteiger partial charge in [-0.15, -0.1) is 0 Å². The van der Waals surface area contributed by atoms with Crippen LogP contribution in [0.1, 0.15) is 66.9 Å². The van der Waals surface area contributed by atoms with Crippen LogP contribution >= 0.6 is 0 Å². The molecule has 1 aromatic rings. The largest absolute Gasteiger partial charge is 0.309 e. The molecular formula is C20H32FNO. The highest BCUT2D eigenvalue weighted by Gasteiger charge is 2.43. The molecule has 0 bridgehead atoms. The molecule has 2 nitrogen and oxygen atoms in total. The van der Waals surface area contributed by atoms with Crippen molar-refractivity contribution in [2.24, 2.45) is 10.8 Å². The van der Waals surface area contributed by atoms with E-state index in [0.29, 0.717) is 5.56 Å². The monoisotopic (exact) mass is 321 g/mol. The van der Waals surface area contributed by atoms with Crippen LogP contribution in [0.25, 0.3) is 0 Å². The molecule has 0 unspecified atom stereocenters. The van der Waals surface area contributed by atoms with Gasteiger partial charge in [-0.3, -0.25) is 4.79 Å². The summed E-state index contributed by atoms with van der Waals surface area (Å²) in [6.45, 7) is 16.2. The molecule has 0 aliphatic carbocycles. The van der Waals surface area contributed by atoms with Crippen molar-refractivity contribution in [3.05, 3.63) is 29.6 Å². The van der Waals surface area contributed by atoms with Gasteiger partial charge in [-0.05, 0) is 48.9 Å². The third kappa shape index (κ3) is 3.94. The number of benzene rings is 1. The van der Waals surface area contributed by atoms with Gasteiger partial charge in [0.15, 0.2) is 0 Å². The molecule has 1 rings (SSSR count). The van der Waals surface area contributed by atoms with Crippen molar-refractivity contribution in [3.63, 3.8) is 0 Å². The zero-order valence-corrected chi connectivity index (χ0v) is 16.0. The predicted octanol–water partition coefficient (Wildman–Crippen LogP) is 5.73. The van der Waals surface area contributed by atoms with Crippen molar-refractivity contribution in [1.82, 2.24) is 0 Å². The van der Waals surface area contributed by atoms with Gasteiger partial charge in [-0.25, -0.2) is 4.39 Å². The molecule has 1 aromatic carbocycles. The maximum Gasteiger partial charge on any atom is 0.233 e. The summed E-state index contributed by atoms with van der Waals surface area (Å²) < 4.78 is 13.6. The van der Waals surface area contributed by atoms with Crippen LogP contribution in [0.2, 0.25) is 0 Å². The van der Waals surface area contributed by atoms with Crippen molar-refractivity contribution in [2.45, 2.75) is 74.3 Å². The second-order valence-electron chi connectivity index (χ2n) is 7.95. The lowest BCUT2D eigenvalue weighted by atomic mass is 9.68. The molecule has 0 radical (unpaired) electrons. The summed E-state index contributed by atoms with van der Waals surface area (Å²) in [5.41, 5.74) is 0.682. The summed E-state index contributed by atoms with van der Waals surface area (Å²) in [6, 6.07) is 5.08. The number of hydrogen-bond donors (Lipinski definition) is 0. The van der Waals surface area contributed by atoms with E-state index < -0.39 is 5.41 Å². The van der Waals surface area contributed by atoms with Crippen molar-refractivity contribution in [2.75, 3.05) is 4.90 Å². The fourth-order valence-corrected chi connectivity index (χ4v) is 2.55. The topological polar surface area (TPSA) is 20.3 Å². The fourth-order valence-electron chi connectivity index (χ4n) is 2.55. The van der Waals surface area contributed by atoms with Gasteiger partial charge in [0.05, 0.1) is 0 Å². The van der Waals surface area contributed by atoms with Crippen LogP contribution in [0, 0.1) is 23.6 Å². The Bertz CT molecular complexity index is 553. The molecule has 0 saturated carbocycles. The molecule has 0 aliphatic rings. The fraction of sp³-hybridized carbons (Fsp3) is 0.650. The Morgan fingerprint density at radius 1 is 1.13 bits per heavy atom. The number of carbonyl (C=O) groups is 1. The van der Waals surface area contributed by atoms with Crippen LogP contribution in [-0.4, -0.2) is 11.9 Å². The summed E-state index contributed by atoms with van der Waals surface area (Å²) in [7, 11) is 0. The number of anilines is 1. The van der Waals surface area contributed by atoms with E-state index in [2.05, 4.69) is 34.6 Å². The molecule has 3 heteroatoms. The first-order valence-electron chi connectivity index (χ1n) is 8.57. The zero-order chi connectivity index (χ0) is 18.0. The minimum Gasteiger partial charge on any atom is -0.309 e. The van der Waals surface area contributed by atoms with Crippen LogP contribution in [0.4, 0.5) is 10.1 Å². The van der Waals surface area contributed by atoms with Gasteiger partial charge in [-0.1, -0.05) is 48.5 Å². The molecule has 0 aliphatic heterocycles. The lowest BCUT2D eigenvalue weighted by molar-refractivity contribution is -0.132. The Balaban J connectivity index is 3.42. The maximum absolute atomic E-state index is 13.6. The van der Waals surface area contributed by atoms with Gasteiger partial charge in [-0.2, -0.15) is 0 Å². The van der Waals surface area contributed by atoms with Crippen LogP contribution in [0.3, 0.4) is 0 Å². The number of halogens is 1. The van der Waals surface area contributed by atoms with Crippen LogP contribution in [-0.2, 0) is 4.79 Å². The van der Waals surface area contributed by atoms with E-state index in [1.54, 1.807) is 19.1 Å². The van der Waals surface area contributed by atoms with Crippen LogP contribution in [0.15, 0.2) is 18.2 Å². The number of hydrogen-bond acceptors (Lipinski definition) is 1. The first kappa shape index (κ1) is 19.7. The molecule has 0 spiro atoms. The quantitative estimate of drug-likeness (QED) is 0.678. The second kappa shape index (κ2) is 7.02. The summed E-state index contributed by atoms with van der Waals surface area (Å²) in [4.78, 5) is 15.3. The molecule has 130 valence electrons. The van der Waals surface area contributed by atoms with Crippen LogP contribution < -0.4 is 4.90 Å².